The van der Waals surface area contributed by atoms with E-state index in [0.717, 1.165) is 10.9 Å². The molecule has 0 bridgehead atoms. The number of epoxide rings is 1. The van der Waals surface area contributed by atoms with Gasteiger partial charge in [0.25, 0.3) is 12.9 Å². The van der Waals surface area contributed by atoms with Crippen molar-refractivity contribution in [1.82, 2.24) is 9.55 Å². The smallest absolute Gasteiger partial charge is 0.269 e. The van der Waals surface area contributed by atoms with E-state index in [4.69, 9.17) is 14.2 Å². The van der Waals surface area contributed by atoms with Gasteiger partial charge in [-0.3, -0.25) is 9.59 Å². The van der Waals surface area contributed by atoms with Gasteiger partial charge in [0, 0.05) is 51.9 Å². The number of pyridine rings is 2. The van der Waals surface area contributed by atoms with Crippen LogP contribution in [0.1, 0.15) is 51.7 Å². The molecule has 2 unspecified atom stereocenters. The third kappa shape index (κ3) is 10.4. The number of aromatic nitrogens is 2. The van der Waals surface area contributed by atoms with Gasteiger partial charge in [-0.25, -0.2) is 26.3 Å². The van der Waals surface area contributed by atoms with Crippen LogP contribution in [0.4, 0.5) is 26.3 Å². The van der Waals surface area contributed by atoms with E-state index in [0.29, 0.717) is 33.5 Å². The molecular formula is C46H48F6N2O6. The number of hydrogen-bond donors (Lipinski definition) is 2. The molecule has 14 heteroatoms. The number of aliphatic hydroxyl groups is 1. The zero-order valence-electron chi connectivity index (χ0n) is 34.1. The first kappa shape index (κ1) is 45.5. The molecule has 1 aliphatic heterocycles. The van der Waals surface area contributed by atoms with Gasteiger partial charge in [-0.2, -0.15) is 0 Å². The van der Waals surface area contributed by atoms with Crippen molar-refractivity contribution in [3.63, 3.8) is 0 Å². The first-order chi connectivity index (χ1) is 28.3. The Morgan fingerprint density at radius 1 is 0.767 bits per heavy atom. The predicted octanol–water partition coefficient (Wildman–Crippen LogP) is 9.58. The maximum absolute atomic E-state index is 14.1. The molecule has 2 N–H and O–H groups in total. The summed E-state index contributed by atoms with van der Waals surface area (Å²) in [6, 6.07) is 24.9. The van der Waals surface area contributed by atoms with Crippen molar-refractivity contribution >= 4 is 21.8 Å². The molecule has 8 nitrogen and oxygen atoms in total. The number of H-pyrrole nitrogens is 1. The van der Waals surface area contributed by atoms with Crippen LogP contribution in [0.15, 0.2) is 119 Å². The Kier molecular flexibility index (Phi) is 13.9. The van der Waals surface area contributed by atoms with Crippen molar-refractivity contribution in [3.8, 4) is 11.5 Å². The molecular weight excluding hydrogens is 791 g/mol. The van der Waals surface area contributed by atoms with Crippen LogP contribution >= 0.6 is 0 Å². The number of para-hydroxylation sites is 2. The zero-order chi connectivity index (χ0) is 44.0. The number of methoxy groups -OCH3 is 2. The number of alkyl halides is 4. The van der Waals surface area contributed by atoms with Gasteiger partial charge in [0.2, 0.25) is 0 Å². The van der Waals surface area contributed by atoms with Crippen molar-refractivity contribution in [2.24, 2.45) is 0 Å². The van der Waals surface area contributed by atoms with Crippen LogP contribution in [-0.4, -0.2) is 59.5 Å². The van der Waals surface area contributed by atoms with Crippen LogP contribution in [0.2, 0.25) is 0 Å². The highest BCUT2D eigenvalue weighted by Crippen LogP contribution is 2.47. The minimum absolute atomic E-state index is 0.0473. The molecule has 0 spiro atoms. The second-order valence-corrected chi connectivity index (χ2v) is 16.1. The molecule has 7 rings (SSSR count). The summed E-state index contributed by atoms with van der Waals surface area (Å²) in [7, 11) is 2.89. The molecule has 0 saturated carbocycles. The van der Waals surface area contributed by atoms with Gasteiger partial charge < -0.3 is 28.9 Å². The number of fused-ring (bicyclic) bond motifs is 2. The molecule has 0 amide bonds. The summed E-state index contributed by atoms with van der Waals surface area (Å²) in [4.78, 5) is 26.2. The van der Waals surface area contributed by atoms with Crippen LogP contribution in [0.3, 0.4) is 0 Å². The molecule has 0 aliphatic carbocycles. The molecule has 1 saturated heterocycles. The molecule has 320 valence electrons. The normalized spacial score (nSPS) is 16.1. The number of ether oxygens (including phenoxy) is 3. The summed E-state index contributed by atoms with van der Waals surface area (Å²) in [5, 5.41) is 12.1. The number of benzene rings is 4. The Balaban J connectivity index is 0.000000192. The number of aromatic amines is 1. The van der Waals surface area contributed by atoms with Crippen LogP contribution < -0.4 is 20.3 Å². The van der Waals surface area contributed by atoms with Crippen molar-refractivity contribution in [2.75, 3.05) is 20.8 Å². The lowest BCUT2D eigenvalue weighted by Gasteiger charge is -2.37. The van der Waals surface area contributed by atoms with Crippen LogP contribution in [0, 0.1) is 11.6 Å². The van der Waals surface area contributed by atoms with E-state index in [2.05, 4.69) is 4.98 Å². The fraction of sp³-hybridized carbons (Fsp3) is 0.348. The van der Waals surface area contributed by atoms with Crippen molar-refractivity contribution in [3.05, 3.63) is 153 Å². The lowest BCUT2D eigenvalue weighted by Crippen LogP contribution is -2.46. The minimum atomic E-state index is -3.07. The number of nitrogens with one attached hydrogen (secondary N) is 1. The Morgan fingerprint density at radius 3 is 1.83 bits per heavy atom. The first-order valence-electron chi connectivity index (χ1n) is 19.0. The highest BCUT2D eigenvalue weighted by molar-refractivity contribution is 5.79. The molecule has 6 aromatic rings. The number of halogens is 6. The largest absolute Gasteiger partial charge is 0.496 e. The Labute approximate surface area is 343 Å². The highest BCUT2D eigenvalue weighted by atomic mass is 19.3. The Bertz CT molecular complexity index is 2530. The highest BCUT2D eigenvalue weighted by Gasteiger charge is 2.56. The average Bonchev–Trinajstić information content (AvgIpc) is 4.00. The van der Waals surface area contributed by atoms with Crippen LogP contribution in [0.25, 0.3) is 21.8 Å². The molecule has 1 fully saturated rings. The van der Waals surface area contributed by atoms with Gasteiger partial charge in [0.15, 0.2) is 16.5 Å². The summed E-state index contributed by atoms with van der Waals surface area (Å²) >= 11 is 0. The van der Waals surface area contributed by atoms with E-state index >= 15 is 0 Å². The lowest BCUT2D eigenvalue weighted by atomic mass is 9.74. The van der Waals surface area contributed by atoms with Gasteiger partial charge in [-0.1, -0.05) is 52.0 Å². The Hall–Kier alpha value is -5.60. The van der Waals surface area contributed by atoms with E-state index in [1.807, 2.05) is 24.3 Å². The third-order valence-electron chi connectivity index (χ3n) is 10.6. The number of nitrogens with zero attached hydrogens (tertiary/aromatic N) is 1. The van der Waals surface area contributed by atoms with Crippen LogP contribution in [-0.2, 0) is 22.1 Å². The van der Waals surface area contributed by atoms with E-state index < -0.39 is 53.1 Å². The molecule has 2 atom stereocenters. The fourth-order valence-corrected chi connectivity index (χ4v) is 7.54. The maximum Gasteiger partial charge on any atom is 0.269 e. The average molecular weight is 839 g/mol. The quantitative estimate of drug-likeness (QED) is 0.0940. The van der Waals surface area contributed by atoms with Gasteiger partial charge in [-0.15, -0.1) is 0 Å². The topological polar surface area (TPSA) is 106 Å². The van der Waals surface area contributed by atoms with Crippen molar-refractivity contribution in [1.29, 1.82) is 0 Å². The predicted molar refractivity (Wildman–Crippen MR) is 220 cm³/mol. The third-order valence-corrected chi connectivity index (χ3v) is 10.6. The molecule has 3 heterocycles. The van der Waals surface area contributed by atoms with E-state index in [-0.39, 0.29) is 30.3 Å². The Morgan fingerprint density at radius 2 is 1.30 bits per heavy atom. The SMILES string of the molecule is COc1ccc(F)cc1C(C)(C)CC(O)(Cn1ccc(=O)c2ccccc21)C(F)F.COc1ccc(F)cc1C(C)(C)CC1(C(F)F)CO1.O=c1cc[nH]c2ccccc12. The van der Waals surface area contributed by atoms with E-state index in [9.17, 15) is 41.0 Å². The van der Waals surface area contributed by atoms with Crippen molar-refractivity contribution < 1.29 is 45.7 Å². The van der Waals surface area contributed by atoms with Gasteiger partial charge >= 0.3 is 0 Å². The molecule has 0 radical (unpaired) electrons. The van der Waals surface area contributed by atoms with Gasteiger partial charge in [-0.05, 0) is 84.3 Å². The monoisotopic (exact) mass is 838 g/mol. The minimum Gasteiger partial charge on any atom is -0.496 e. The summed E-state index contributed by atoms with van der Waals surface area (Å²) in [6.45, 7) is 6.49. The summed E-state index contributed by atoms with van der Waals surface area (Å²) in [6.07, 6.45) is -2.80. The van der Waals surface area contributed by atoms with Crippen LogP contribution in [0.5, 0.6) is 11.5 Å². The van der Waals surface area contributed by atoms with E-state index in [1.165, 1.54) is 73.5 Å². The van der Waals surface area contributed by atoms with Gasteiger partial charge in [0.05, 0.1) is 32.9 Å². The second kappa shape index (κ2) is 18.3. The zero-order valence-corrected chi connectivity index (χ0v) is 34.1. The van der Waals surface area contributed by atoms with Crippen molar-refractivity contribution in [2.45, 2.75) is 82.0 Å². The van der Waals surface area contributed by atoms with Gasteiger partial charge in [0.1, 0.15) is 28.7 Å². The molecule has 60 heavy (non-hydrogen) atoms. The fourth-order valence-electron chi connectivity index (χ4n) is 7.54. The first-order valence-corrected chi connectivity index (χ1v) is 19.0. The molecule has 4 aromatic carbocycles. The summed E-state index contributed by atoms with van der Waals surface area (Å²) in [5.74, 6) is -0.0826. The number of rotatable bonds is 12. The summed E-state index contributed by atoms with van der Waals surface area (Å²) < 4.78 is 98.2. The second-order valence-electron chi connectivity index (χ2n) is 16.1. The van der Waals surface area contributed by atoms with E-state index in [1.54, 1.807) is 58.2 Å². The molecule has 1 aliphatic rings. The lowest BCUT2D eigenvalue weighted by molar-refractivity contribution is -0.120. The maximum atomic E-state index is 14.1. The number of hydrogen-bond acceptors (Lipinski definition) is 6. The standard InChI is InChI=1S/C23H24F3NO3.C14H17F3O2.C9H7NO/c1-22(2,17-12-15(24)8-9-20(17)30-3)13-23(29,21(25)26)14-27-11-10-19(28)16-6-4-5-7-18(16)27;1-13(2,7-14(8-19-14)12(16)17)10-6-9(15)4-5-11(10)18-3;11-9-5-6-10-8-4-2-1-3-7(8)9/h4-12,21,29H,13-14H2,1-3H3;4-6,12H,7-8H2,1-3H3;1-6H,(H,10,11). The molecule has 2 aromatic heterocycles. The summed E-state index contributed by atoms with van der Waals surface area (Å²) in [5.41, 5.74) is -3.39.